The Hall–Kier alpha value is -1.97. The van der Waals surface area contributed by atoms with Gasteiger partial charge in [0.15, 0.2) is 9.84 Å². The molecule has 2 saturated heterocycles. The summed E-state index contributed by atoms with van der Waals surface area (Å²) in [6.07, 6.45) is 5.14. The van der Waals surface area contributed by atoms with Gasteiger partial charge in [0.25, 0.3) is 0 Å². The molecule has 200 valence electrons. The first-order valence-corrected chi connectivity index (χ1v) is 14.7. The Kier molecular flexibility index (Phi) is 7.84. The number of carbonyl (C=O) groups excluding carboxylic acids is 1. The van der Waals surface area contributed by atoms with Crippen molar-refractivity contribution in [2.24, 2.45) is 16.1 Å². The summed E-state index contributed by atoms with van der Waals surface area (Å²) >= 11 is 0. The van der Waals surface area contributed by atoms with E-state index in [9.17, 15) is 18.3 Å². The van der Waals surface area contributed by atoms with Crippen molar-refractivity contribution in [3.05, 3.63) is 23.8 Å². The first-order valence-electron chi connectivity index (χ1n) is 13.2. The number of sulfone groups is 1. The number of hydrogen-bond acceptors (Lipinski definition) is 6. The number of carbonyl (C=O) groups is 1. The number of urea groups is 1. The maximum Gasteiger partial charge on any atom is 0.314 e. The van der Waals surface area contributed by atoms with Gasteiger partial charge in [-0.2, -0.15) is 0 Å². The molecule has 9 heteroatoms. The third kappa shape index (κ3) is 6.29. The van der Waals surface area contributed by atoms with Crippen LogP contribution in [0.25, 0.3) is 0 Å². The van der Waals surface area contributed by atoms with E-state index in [1.54, 1.807) is 12.1 Å². The predicted molar refractivity (Wildman–Crippen MR) is 141 cm³/mol. The van der Waals surface area contributed by atoms with Crippen molar-refractivity contribution < 1.29 is 23.1 Å². The van der Waals surface area contributed by atoms with E-state index in [2.05, 4.69) is 20.8 Å². The number of piperidine rings is 1. The fraction of sp³-hybridized carbons (Fsp3) is 0.704. The van der Waals surface area contributed by atoms with Crippen molar-refractivity contribution in [3.63, 3.8) is 0 Å². The van der Waals surface area contributed by atoms with Gasteiger partial charge >= 0.3 is 6.03 Å². The first kappa shape index (κ1) is 27.1. The van der Waals surface area contributed by atoms with Crippen LogP contribution in [0.4, 0.5) is 10.5 Å². The molecule has 3 aliphatic heterocycles. The second-order valence-electron chi connectivity index (χ2n) is 12.0. The number of rotatable bonds is 5. The van der Waals surface area contributed by atoms with Gasteiger partial charge in [0.1, 0.15) is 0 Å². The van der Waals surface area contributed by atoms with Gasteiger partial charge in [-0.3, -0.25) is 4.99 Å². The SMILES string of the molecule is CC(C)(C)CC1=Nc2cc(S(=O)(=O)C3CCN(C(N)=O)CC3)ccc2C(CC2(O)CCOCC2)CC1. The van der Waals surface area contributed by atoms with Crippen molar-refractivity contribution in [2.45, 2.75) is 93.8 Å². The Bertz CT molecular complexity index is 1090. The minimum absolute atomic E-state index is 0.0653. The molecule has 0 aliphatic carbocycles. The van der Waals surface area contributed by atoms with Gasteiger partial charge in [-0.15, -0.1) is 0 Å². The molecule has 36 heavy (non-hydrogen) atoms. The van der Waals surface area contributed by atoms with Gasteiger partial charge in [0.2, 0.25) is 0 Å². The highest BCUT2D eigenvalue weighted by molar-refractivity contribution is 7.92. The molecule has 2 amide bonds. The minimum Gasteiger partial charge on any atom is -0.390 e. The average molecular weight is 520 g/mol. The Morgan fingerprint density at radius 1 is 1.19 bits per heavy atom. The lowest BCUT2D eigenvalue weighted by molar-refractivity contribution is -0.0718. The quantitative estimate of drug-likeness (QED) is 0.600. The highest BCUT2D eigenvalue weighted by Crippen LogP contribution is 2.43. The van der Waals surface area contributed by atoms with E-state index in [-0.39, 0.29) is 16.2 Å². The molecule has 1 unspecified atom stereocenters. The van der Waals surface area contributed by atoms with Crippen LogP contribution < -0.4 is 5.73 Å². The number of amides is 2. The third-order valence-corrected chi connectivity index (χ3v) is 10.1. The smallest absolute Gasteiger partial charge is 0.314 e. The average Bonchev–Trinajstić information content (AvgIpc) is 2.96. The molecule has 0 radical (unpaired) electrons. The Labute approximate surface area is 215 Å². The van der Waals surface area contributed by atoms with E-state index in [4.69, 9.17) is 15.5 Å². The number of aliphatic hydroxyl groups is 1. The topological polar surface area (TPSA) is 122 Å². The van der Waals surface area contributed by atoms with Crippen molar-refractivity contribution in [2.75, 3.05) is 26.3 Å². The van der Waals surface area contributed by atoms with Crippen molar-refractivity contribution in [1.82, 2.24) is 4.90 Å². The normalized spacial score (nSPS) is 23.5. The highest BCUT2D eigenvalue weighted by atomic mass is 32.2. The summed E-state index contributed by atoms with van der Waals surface area (Å²) in [4.78, 5) is 18.3. The van der Waals surface area contributed by atoms with Gasteiger partial charge in [-0.25, -0.2) is 13.2 Å². The molecular formula is C27H41N3O5S. The van der Waals surface area contributed by atoms with Crippen LogP contribution in [0.15, 0.2) is 28.1 Å². The lowest BCUT2D eigenvalue weighted by Gasteiger charge is -2.35. The van der Waals surface area contributed by atoms with E-state index in [0.717, 1.165) is 30.5 Å². The molecular weight excluding hydrogens is 478 g/mol. The molecule has 0 aromatic heterocycles. The Morgan fingerprint density at radius 3 is 2.47 bits per heavy atom. The number of fused-ring (bicyclic) bond motifs is 1. The second kappa shape index (κ2) is 10.4. The van der Waals surface area contributed by atoms with Crippen LogP contribution in [0.1, 0.15) is 83.6 Å². The molecule has 1 atom stereocenters. The number of hydrogen-bond donors (Lipinski definition) is 2. The van der Waals surface area contributed by atoms with Gasteiger partial charge in [0.05, 0.1) is 21.4 Å². The van der Waals surface area contributed by atoms with Gasteiger partial charge < -0.3 is 20.5 Å². The number of nitrogens with zero attached hydrogens (tertiary/aromatic N) is 2. The summed E-state index contributed by atoms with van der Waals surface area (Å²) in [6, 6.07) is 4.85. The van der Waals surface area contributed by atoms with Gasteiger partial charge in [0, 0.05) is 32.0 Å². The third-order valence-electron chi connectivity index (χ3n) is 7.81. The number of likely N-dealkylation sites (tertiary alicyclic amines) is 1. The monoisotopic (exact) mass is 519 g/mol. The predicted octanol–water partition coefficient (Wildman–Crippen LogP) is 4.32. The van der Waals surface area contributed by atoms with E-state index < -0.39 is 26.7 Å². The molecule has 3 heterocycles. The summed E-state index contributed by atoms with van der Waals surface area (Å²) in [5.74, 6) is 0.0971. The molecule has 1 aromatic carbocycles. The lowest BCUT2D eigenvalue weighted by Crippen LogP contribution is -2.44. The van der Waals surface area contributed by atoms with Gasteiger partial charge in [-0.05, 0) is 80.4 Å². The van der Waals surface area contributed by atoms with Crippen LogP contribution in [0.2, 0.25) is 0 Å². The minimum atomic E-state index is -3.58. The molecule has 1 aromatic rings. The molecule has 0 spiro atoms. The molecule has 0 saturated carbocycles. The number of aliphatic imine (C=N–C) groups is 1. The zero-order valence-electron chi connectivity index (χ0n) is 21.8. The molecule has 4 rings (SSSR count). The first-order chi connectivity index (χ1) is 16.9. The Morgan fingerprint density at radius 2 is 1.86 bits per heavy atom. The van der Waals surface area contributed by atoms with Gasteiger partial charge in [-0.1, -0.05) is 26.8 Å². The van der Waals surface area contributed by atoms with Crippen LogP contribution >= 0.6 is 0 Å². The number of ether oxygens (including phenoxy) is 1. The zero-order valence-corrected chi connectivity index (χ0v) is 22.6. The van der Waals surface area contributed by atoms with E-state index >= 15 is 0 Å². The van der Waals surface area contributed by atoms with Crippen molar-refractivity contribution in [1.29, 1.82) is 0 Å². The van der Waals surface area contributed by atoms with Crippen LogP contribution in [0.3, 0.4) is 0 Å². The summed E-state index contributed by atoms with van der Waals surface area (Å²) in [6.45, 7) is 8.38. The number of nitrogens with two attached hydrogens (primary N) is 1. The summed E-state index contributed by atoms with van der Waals surface area (Å²) in [5, 5.41) is 10.7. The molecule has 2 fully saturated rings. The molecule has 8 nitrogen and oxygen atoms in total. The van der Waals surface area contributed by atoms with Crippen molar-refractivity contribution >= 4 is 27.3 Å². The standard InChI is InChI=1S/C27H41N3O5S/c1-26(2,3)18-20-5-4-19(17-27(32)10-14-35-15-11-27)23-7-6-22(16-24(23)29-20)36(33,34)21-8-12-30(13-9-21)25(28)31/h6-7,16,19,21,32H,4-5,8-15,17-18H2,1-3H3,(H2,28,31). The van der Waals surface area contributed by atoms with E-state index in [1.807, 2.05) is 6.07 Å². The zero-order chi connectivity index (χ0) is 26.1. The van der Waals surface area contributed by atoms with Crippen LogP contribution in [-0.4, -0.2) is 67.3 Å². The largest absolute Gasteiger partial charge is 0.390 e. The van der Waals surface area contributed by atoms with Crippen molar-refractivity contribution in [3.8, 4) is 0 Å². The molecule has 3 aliphatic rings. The fourth-order valence-electron chi connectivity index (χ4n) is 5.81. The van der Waals surface area contributed by atoms with Crippen LogP contribution in [0, 0.1) is 5.41 Å². The lowest BCUT2D eigenvalue weighted by atomic mass is 9.79. The molecule has 0 bridgehead atoms. The van der Waals surface area contributed by atoms with Crippen LogP contribution in [0.5, 0.6) is 0 Å². The summed E-state index contributed by atoms with van der Waals surface area (Å²) < 4.78 is 32.6. The maximum atomic E-state index is 13.6. The Balaban J connectivity index is 1.65. The van der Waals surface area contributed by atoms with E-state index in [1.165, 1.54) is 4.90 Å². The second-order valence-corrected chi connectivity index (χ2v) is 14.2. The number of primary amides is 1. The maximum absolute atomic E-state index is 13.6. The summed E-state index contributed by atoms with van der Waals surface area (Å²) in [7, 11) is -3.58. The highest BCUT2D eigenvalue weighted by Gasteiger charge is 2.36. The number of benzene rings is 1. The summed E-state index contributed by atoms with van der Waals surface area (Å²) in [5.41, 5.74) is 7.47. The fourth-order valence-corrected chi connectivity index (χ4v) is 7.56. The van der Waals surface area contributed by atoms with E-state index in [0.29, 0.717) is 64.1 Å². The van der Waals surface area contributed by atoms with Crippen LogP contribution in [-0.2, 0) is 14.6 Å². The molecule has 3 N–H and O–H groups in total.